The molecule has 1 heterocycles. The van der Waals surface area contributed by atoms with Crippen LogP contribution in [0.25, 0.3) is 0 Å². The van der Waals surface area contributed by atoms with Crippen LogP contribution in [0.3, 0.4) is 0 Å². The lowest BCUT2D eigenvalue weighted by molar-refractivity contribution is -0.147. The van der Waals surface area contributed by atoms with Crippen LogP contribution in [0.2, 0.25) is 0 Å². The topological polar surface area (TPSA) is 92.8 Å². The monoisotopic (exact) mass is 344 g/mol. The van der Waals surface area contributed by atoms with Crippen LogP contribution in [0.15, 0.2) is 18.2 Å². The molecular formula is C18H20N2O5. The Kier molecular flexibility index (Phi) is 4.57. The number of amides is 4. The van der Waals surface area contributed by atoms with Gasteiger partial charge in [-0.2, -0.15) is 4.90 Å². The number of nitrogens with zero attached hydrogens (tertiary/aromatic N) is 1. The fraction of sp³-hybridized carbons (Fsp3) is 0.444. The first kappa shape index (κ1) is 17.1. The van der Waals surface area contributed by atoms with E-state index in [2.05, 4.69) is 5.32 Å². The number of carbonyl (C=O) groups excluding carboxylic acids is 4. The van der Waals surface area contributed by atoms with Gasteiger partial charge < -0.3 is 10.1 Å². The SMILES string of the molecule is CC(C)C(=O)OCCNC(=O)N1C(=O)c2ccc(C3CC3)cc2C1=O. The van der Waals surface area contributed by atoms with Crippen molar-refractivity contribution in [2.45, 2.75) is 32.6 Å². The van der Waals surface area contributed by atoms with Gasteiger partial charge in [0.15, 0.2) is 0 Å². The highest BCUT2D eigenvalue weighted by atomic mass is 16.5. The van der Waals surface area contributed by atoms with Gasteiger partial charge in [-0.3, -0.25) is 14.4 Å². The van der Waals surface area contributed by atoms with E-state index in [1.807, 2.05) is 6.07 Å². The third-order valence-electron chi connectivity index (χ3n) is 4.26. The lowest BCUT2D eigenvalue weighted by Crippen LogP contribution is -2.44. The fourth-order valence-electron chi connectivity index (χ4n) is 2.67. The zero-order chi connectivity index (χ0) is 18.1. The van der Waals surface area contributed by atoms with Crippen LogP contribution in [0.5, 0.6) is 0 Å². The van der Waals surface area contributed by atoms with E-state index in [4.69, 9.17) is 4.74 Å². The third-order valence-corrected chi connectivity index (χ3v) is 4.26. The molecule has 0 saturated heterocycles. The number of fused-ring (bicyclic) bond motifs is 1. The number of urea groups is 1. The van der Waals surface area contributed by atoms with Gasteiger partial charge in [0, 0.05) is 0 Å². The van der Waals surface area contributed by atoms with E-state index in [0.717, 1.165) is 18.4 Å². The van der Waals surface area contributed by atoms with Crippen molar-refractivity contribution in [3.63, 3.8) is 0 Å². The number of nitrogens with one attached hydrogen (secondary N) is 1. The average Bonchev–Trinajstić information content (AvgIpc) is 3.39. The number of benzene rings is 1. The van der Waals surface area contributed by atoms with Crippen LogP contribution >= 0.6 is 0 Å². The first-order valence-corrected chi connectivity index (χ1v) is 8.37. The summed E-state index contributed by atoms with van der Waals surface area (Å²) in [5.74, 6) is -1.42. The Labute approximate surface area is 145 Å². The first-order chi connectivity index (χ1) is 11.9. The minimum absolute atomic E-state index is 0.0161. The molecule has 0 unspecified atom stereocenters. The van der Waals surface area contributed by atoms with Crippen molar-refractivity contribution in [1.29, 1.82) is 0 Å². The van der Waals surface area contributed by atoms with E-state index in [0.29, 0.717) is 10.8 Å². The number of rotatable bonds is 5. The van der Waals surface area contributed by atoms with Crippen molar-refractivity contribution in [3.05, 3.63) is 34.9 Å². The summed E-state index contributed by atoms with van der Waals surface area (Å²) in [6.45, 7) is 3.42. The Morgan fingerprint density at radius 3 is 2.52 bits per heavy atom. The summed E-state index contributed by atoms with van der Waals surface area (Å²) in [6.07, 6.45) is 2.17. The van der Waals surface area contributed by atoms with Gasteiger partial charge in [0.25, 0.3) is 11.8 Å². The van der Waals surface area contributed by atoms with E-state index in [1.54, 1.807) is 26.0 Å². The number of hydrogen-bond donors (Lipinski definition) is 1. The largest absolute Gasteiger partial charge is 0.464 e. The lowest BCUT2D eigenvalue weighted by atomic mass is 10.0. The summed E-state index contributed by atoms with van der Waals surface area (Å²) in [5.41, 5.74) is 1.55. The molecule has 1 fully saturated rings. The summed E-state index contributed by atoms with van der Waals surface area (Å²) in [7, 11) is 0. The predicted molar refractivity (Wildman–Crippen MR) is 88.1 cm³/mol. The summed E-state index contributed by atoms with van der Waals surface area (Å²) >= 11 is 0. The molecule has 7 nitrogen and oxygen atoms in total. The van der Waals surface area contributed by atoms with Gasteiger partial charge in [-0.1, -0.05) is 19.9 Å². The molecule has 1 aromatic carbocycles. The Balaban J connectivity index is 1.61. The lowest BCUT2D eigenvalue weighted by Gasteiger charge is -2.13. The molecule has 0 aromatic heterocycles. The van der Waals surface area contributed by atoms with E-state index in [9.17, 15) is 19.2 Å². The van der Waals surface area contributed by atoms with E-state index in [-0.39, 0.29) is 36.2 Å². The fourth-order valence-corrected chi connectivity index (χ4v) is 2.67. The normalized spacial score (nSPS) is 16.2. The Morgan fingerprint density at radius 1 is 1.20 bits per heavy atom. The molecule has 1 saturated carbocycles. The number of hydrogen-bond acceptors (Lipinski definition) is 5. The molecule has 132 valence electrons. The second kappa shape index (κ2) is 6.66. The zero-order valence-electron chi connectivity index (χ0n) is 14.2. The van der Waals surface area contributed by atoms with Crippen molar-refractivity contribution in [3.8, 4) is 0 Å². The molecule has 3 rings (SSSR count). The van der Waals surface area contributed by atoms with E-state index in [1.165, 1.54) is 0 Å². The number of carbonyl (C=O) groups is 4. The molecule has 1 N–H and O–H groups in total. The van der Waals surface area contributed by atoms with Crippen LogP contribution in [0.1, 0.15) is 58.9 Å². The summed E-state index contributed by atoms with van der Waals surface area (Å²) in [4.78, 5) is 48.9. The summed E-state index contributed by atoms with van der Waals surface area (Å²) in [5, 5.41) is 2.43. The molecule has 1 aliphatic carbocycles. The molecular weight excluding hydrogens is 324 g/mol. The highest BCUT2D eigenvalue weighted by Crippen LogP contribution is 2.41. The maximum atomic E-state index is 12.4. The van der Waals surface area contributed by atoms with Crippen molar-refractivity contribution < 1.29 is 23.9 Å². The Morgan fingerprint density at radius 2 is 1.88 bits per heavy atom. The molecule has 0 atom stereocenters. The van der Waals surface area contributed by atoms with Crippen LogP contribution in [-0.2, 0) is 9.53 Å². The van der Waals surface area contributed by atoms with Crippen LogP contribution in [0.4, 0.5) is 4.79 Å². The van der Waals surface area contributed by atoms with Crippen LogP contribution in [-0.4, -0.2) is 41.9 Å². The van der Waals surface area contributed by atoms with Crippen molar-refractivity contribution in [1.82, 2.24) is 10.2 Å². The summed E-state index contributed by atoms with van der Waals surface area (Å²) in [6, 6.07) is 4.36. The third kappa shape index (κ3) is 3.40. The van der Waals surface area contributed by atoms with E-state index < -0.39 is 17.8 Å². The molecule has 2 aliphatic rings. The standard InChI is InChI=1S/C18H20N2O5/c1-10(2)17(23)25-8-7-19-18(24)20-15(21)13-6-5-12(11-3-4-11)9-14(13)16(20)22/h5-6,9-11H,3-4,7-8H2,1-2H3,(H,19,24). The Hall–Kier alpha value is -2.70. The number of imide groups is 3. The van der Waals surface area contributed by atoms with Crippen molar-refractivity contribution in [2.24, 2.45) is 5.92 Å². The first-order valence-electron chi connectivity index (χ1n) is 8.37. The average molecular weight is 344 g/mol. The van der Waals surface area contributed by atoms with E-state index >= 15 is 0 Å². The van der Waals surface area contributed by atoms with Crippen LogP contribution < -0.4 is 5.32 Å². The van der Waals surface area contributed by atoms with Crippen molar-refractivity contribution in [2.75, 3.05) is 13.2 Å². The van der Waals surface area contributed by atoms with Gasteiger partial charge in [0.2, 0.25) is 0 Å². The minimum Gasteiger partial charge on any atom is -0.464 e. The van der Waals surface area contributed by atoms with Gasteiger partial charge in [-0.05, 0) is 36.5 Å². The Bertz CT molecular complexity index is 752. The predicted octanol–water partition coefficient (Wildman–Crippen LogP) is 2.07. The van der Waals surface area contributed by atoms with Crippen molar-refractivity contribution >= 4 is 23.8 Å². The number of ether oxygens (including phenoxy) is 1. The molecule has 1 aromatic rings. The molecule has 0 spiro atoms. The van der Waals surface area contributed by atoms with Gasteiger partial charge in [-0.25, -0.2) is 4.79 Å². The van der Waals surface area contributed by atoms with Crippen LogP contribution in [0, 0.1) is 5.92 Å². The highest BCUT2D eigenvalue weighted by molar-refractivity contribution is 6.28. The maximum absolute atomic E-state index is 12.4. The molecule has 25 heavy (non-hydrogen) atoms. The minimum atomic E-state index is -0.806. The van der Waals surface area contributed by atoms with Gasteiger partial charge in [0.05, 0.1) is 23.6 Å². The zero-order valence-corrected chi connectivity index (χ0v) is 14.2. The number of esters is 1. The molecule has 7 heteroatoms. The van der Waals surface area contributed by atoms with Gasteiger partial charge >= 0.3 is 12.0 Å². The molecule has 4 amide bonds. The molecule has 1 aliphatic heterocycles. The van der Waals surface area contributed by atoms with Gasteiger partial charge in [0.1, 0.15) is 6.61 Å². The highest BCUT2D eigenvalue weighted by Gasteiger charge is 2.40. The smallest absolute Gasteiger partial charge is 0.331 e. The van der Waals surface area contributed by atoms with Gasteiger partial charge in [-0.15, -0.1) is 0 Å². The molecule has 0 bridgehead atoms. The quantitative estimate of drug-likeness (QED) is 0.501. The summed E-state index contributed by atoms with van der Waals surface area (Å²) < 4.78 is 4.94. The second-order valence-electron chi connectivity index (χ2n) is 6.58. The second-order valence-corrected chi connectivity index (χ2v) is 6.58. The molecule has 0 radical (unpaired) electrons. The maximum Gasteiger partial charge on any atom is 0.331 e.